The average Bonchev–Trinajstić information content (AvgIpc) is 2.92. The first kappa shape index (κ1) is 23.6. The molecule has 8 nitrogen and oxygen atoms in total. The highest BCUT2D eigenvalue weighted by Crippen LogP contribution is 2.46. The minimum Gasteiger partial charge on any atom is -0.481 e. The maximum atomic E-state index is 14.8. The maximum Gasteiger partial charge on any atom is 0.235 e. The Morgan fingerprint density at radius 3 is 2.83 bits per heavy atom. The number of halogens is 1. The van der Waals surface area contributed by atoms with Crippen molar-refractivity contribution in [2.75, 3.05) is 24.8 Å². The predicted octanol–water partition coefficient (Wildman–Crippen LogP) is 4.02. The third kappa shape index (κ3) is 4.42. The summed E-state index contributed by atoms with van der Waals surface area (Å²) < 4.78 is 26.5. The van der Waals surface area contributed by atoms with Crippen LogP contribution in [0.3, 0.4) is 0 Å². The number of carbonyl (C=O) groups is 1. The van der Waals surface area contributed by atoms with Crippen LogP contribution in [0.2, 0.25) is 0 Å². The summed E-state index contributed by atoms with van der Waals surface area (Å²) in [6.45, 7) is 1.24. The molecule has 2 N–H and O–H groups in total. The van der Waals surface area contributed by atoms with Crippen LogP contribution in [0, 0.1) is 5.82 Å². The van der Waals surface area contributed by atoms with Gasteiger partial charge in [-0.25, -0.2) is 14.4 Å². The standard InChI is InChI=1S/C26H28FN5O3S/c1-34-22-5-3-19-23(32-22)17(18(27)13-28-19)6-7-26-10-8-25(9-11-26,15-35-26)29-12-16-2-4-20-24(30-16)31-21(33)14-36-20/h2-5,13,29H,6-12,14-15H2,1H3,(H,30,31,33). The van der Waals surface area contributed by atoms with Gasteiger partial charge in [-0.1, -0.05) is 0 Å². The number of carbonyl (C=O) groups excluding carboxylic acids is 1. The lowest BCUT2D eigenvalue weighted by Gasteiger charge is -2.53. The number of amides is 1. The van der Waals surface area contributed by atoms with Gasteiger partial charge in [-0.15, -0.1) is 11.8 Å². The summed E-state index contributed by atoms with van der Waals surface area (Å²) in [4.78, 5) is 26.0. The van der Waals surface area contributed by atoms with E-state index >= 15 is 0 Å². The van der Waals surface area contributed by atoms with Gasteiger partial charge < -0.3 is 20.1 Å². The maximum absolute atomic E-state index is 14.8. The lowest BCUT2D eigenvalue weighted by atomic mass is 9.69. The van der Waals surface area contributed by atoms with Gasteiger partial charge in [0.25, 0.3) is 0 Å². The Hall–Kier alpha value is -2.82. The van der Waals surface area contributed by atoms with Crippen LogP contribution in [0.4, 0.5) is 10.2 Å². The van der Waals surface area contributed by atoms with E-state index in [1.165, 1.54) is 18.0 Å². The van der Waals surface area contributed by atoms with Gasteiger partial charge in [0.05, 0.1) is 52.9 Å². The summed E-state index contributed by atoms with van der Waals surface area (Å²) in [6.07, 6.45) is 6.39. The predicted molar refractivity (Wildman–Crippen MR) is 135 cm³/mol. The lowest BCUT2D eigenvalue weighted by molar-refractivity contribution is -0.165. The molecule has 6 heterocycles. The van der Waals surface area contributed by atoms with Gasteiger partial charge in [-0.3, -0.25) is 9.78 Å². The number of hydrogen-bond acceptors (Lipinski definition) is 8. The van der Waals surface area contributed by atoms with E-state index in [4.69, 9.17) is 9.47 Å². The number of hydrogen-bond donors (Lipinski definition) is 2. The first-order valence-corrected chi connectivity index (χ1v) is 13.2. The zero-order valence-corrected chi connectivity index (χ0v) is 20.9. The molecular formula is C26H28FN5O3S. The van der Waals surface area contributed by atoms with Crippen molar-refractivity contribution in [3.05, 3.63) is 47.5 Å². The number of methoxy groups -OCH3 is 1. The molecule has 2 saturated heterocycles. The van der Waals surface area contributed by atoms with Crippen molar-refractivity contribution < 1.29 is 18.7 Å². The largest absolute Gasteiger partial charge is 0.481 e. The number of rotatable bonds is 7. The minimum atomic E-state index is -0.338. The fraction of sp³-hybridized carbons (Fsp3) is 0.462. The Morgan fingerprint density at radius 2 is 2.06 bits per heavy atom. The van der Waals surface area contributed by atoms with E-state index in [9.17, 15) is 9.18 Å². The molecule has 0 atom stereocenters. The summed E-state index contributed by atoms with van der Waals surface area (Å²) in [6, 6.07) is 7.59. The normalized spacial score (nSPS) is 25.0. The van der Waals surface area contributed by atoms with Crippen molar-refractivity contribution in [1.82, 2.24) is 20.3 Å². The minimum absolute atomic E-state index is 0.0115. The van der Waals surface area contributed by atoms with Crippen molar-refractivity contribution in [3.8, 4) is 5.88 Å². The monoisotopic (exact) mass is 509 g/mol. The highest BCUT2D eigenvalue weighted by atomic mass is 32.2. The van der Waals surface area contributed by atoms with Crippen LogP contribution >= 0.6 is 11.8 Å². The number of aryl methyl sites for hydroxylation is 1. The average molecular weight is 510 g/mol. The molecule has 1 amide bonds. The van der Waals surface area contributed by atoms with Crippen LogP contribution in [0.5, 0.6) is 5.88 Å². The van der Waals surface area contributed by atoms with Gasteiger partial charge in [-0.05, 0) is 56.7 Å². The fourth-order valence-corrected chi connectivity index (χ4v) is 6.23. The Balaban J connectivity index is 1.10. The lowest BCUT2D eigenvalue weighted by Crippen LogP contribution is -2.61. The van der Waals surface area contributed by atoms with Crippen molar-refractivity contribution in [2.24, 2.45) is 0 Å². The Kier molecular flexibility index (Phi) is 6.05. The third-order valence-corrected chi connectivity index (χ3v) is 8.78. The van der Waals surface area contributed by atoms with E-state index in [-0.39, 0.29) is 22.9 Å². The summed E-state index contributed by atoms with van der Waals surface area (Å²) >= 11 is 1.52. The molecule has 10 heteroatoms. The Bertz CT molecular complexity index is 1310. The van der Waals surface area contributed by atoms with Gasteiger partial charge in [0.1, 0.15) is 11.6 Å². The molecule has 0 aromatic carbocycles. The highest BCUT2D eigenvalue weighted by Gasteiger charge is 2.49. The van der Waals surface area contributed by atoms with Gasteiger partial charge in [0.15, 0.2) is 0 Å². The molecule has 2 bridgehead atoms. The van der Waals surface area contributed by atoms with E-state index in [1.54, 1.807) is 13.2 Å². The van der Waals surface area contributed by atoms with Crippen LogP contribution in [0.25, 0.3) is 11.0 Å². The summed E-state index contributed by atoms with van der Waals surface area (Å²) in [5, 5.41) is 6.55. The van der Waals surface area contributed by atoms with Crippen molar-refractivity contribution in [1.29, 1.82) is 0 Å². The number of aromatic nitrogens is 3. The molecule has 3 aromatic rings. The number of fused-ring (bicyclic) bond motifs is 5. The smallest absolute Gasteiger partial charge is 0.235 e. The molecule has 0 radical (unpaired) electrons. The second kappa shape index (κ2) is 9.24. The number of thioether (sulfide) groups is 1. The van der Waals surface area contributed by atoms with E-state index in [0.717, 1.165) is 42.7 Å². The van der Waals surface area contributed by atoms with Crippen molar-refractivity contribution in [2.45, 2.75) is 61.1 Å². The molecule has 3 fully saturated rings. The topological polar surface area (TPSA) is 98.3 Å². The van der Waals surface area contributed by atoms with Gasteiger partial charge in [-0.2, -0.15) is 0 Å². The molecule has 7 rings (SSSR count). The van der Waals surface area contributed by atoms with Crippen molar-refractivity contribution >= 4 is 34.5 Å². The summed E-state index contributed by atoms with van der Waals surface area (Å²) in [5.41, 5.74) is 2.37. The summed E-state index contributed by atoms with van der Waals surface area (Å²) in [7, 11) is 1.55. The molecule has 36 heavy (non-hydrogen) atoms. The first-order chi connectivity index (χ1) is 17.5. The number of pyridine rings is 3. The molecule has 1 aliphatic carbocycles. The first-order valence-electron chi connectivity index (χ1n) is 12.3. The van der Waals surface area contributed by atoms with Crippen molar-refractivity contribution in [3.63, 3.8) is 0 Å². The molecule has 188 valence electrons. The number of ether oxygens (including phenoxy) is 2. The van der Waals surface area contributed by atoms with Crippen LogP contribution in [0.15, 0.2) is 35.4 Å². The van der Waals surface area contributed by atoms with Gasteiger partial charge in [0.2, 0.25) is 11.8 Å². The molecule has 4 aliphatic rings. The van der Waals surface area contributed by atoms with Crippen LogP contribution in [-0.2, 0) is 22.5 Å². The second-order valence-electron chi connectivity index (χ2n) is 9.90. The van der Waals surface area contributed by atoms with E-state index in [1.807, 2.05) is 18.2 Å². The number of nitrogens with one attached hydrogen (secondary N) is 2. The zero-order chi connectivity index (χ0) is 24.8. The van der Waals surface area contributed by atoms with E-state index in [0.29, 0.717) is 53.6 Å². The second-order valence-corrected chi connectivity index (χ2v) is 10.9. The molecule has 3 aromatic heterocycles. The quantitative estimate of drug-likeness (QED) is 0.493. The van der Waals surface area contributed by atoms with E-state index in [2.05, 4.69) is 25.6 Å². The third-order valence-electron chi connectivity index (χ3n) is 7.73. The van der Waals surface area contributed by atoms with Crippen LogP contribution < -0.4 is 15.4 Å². The molecular weight excluding hydrogens is 481 g/mol. The van der Waals surface area contributed by atoms with Crippen LogP contribution in [0.1, 0.15) is 43.4 Å². The van der Waals surface area contributed by atoms with Gasteiger partial charge in [0, 0.05) is 23.7 Å². The molecule has 1 saturated carbocycles. The highest BCUT2D eigenvalue weighted by molar-refractivity contribution is 8.00. The van der Waals surface area contributed by atoms with Crippen LogP contribution in [-0.4, -0.2) is 51.5 Å². The number of nitrogens with zero attached hydrogens (tertiary/aromatic N) is 3. The zero-order valence-electron chi connectivity index (χ0n) is 20.1. The summed E-state index contributed by atoms with van der Waals surface area (Å²) in [5.74, 6) is 1.19. The Morgan fingerprint density at radius 1 is 1.19 bits per heavy atom. The van der Waals surface area contributed by atoms with Gasteiger partial charge >= 0.3 is 0 Å². The van der Waals surface area contributed by atoms with E-state index < -0.39 is 0 Å². The Labute approximate surface area is 212 Å². The SMILES string of the molecule is COc1ccc2ncc(F)c(CCC34CCC(NCc5ccc6c(n5)NC(=O)CS6)(CC3)CO4)c2n1. The fourth-order valence-electron chi connectivity index (χ4n) is 5.48. The molecule has 0 unspecified atom stereocenters. The number of anilines is 1. The molecule has 3 aliphatic heterocycles. The molecule has 0 spiro atoms.